The summed E-state index contributed by atoms with van der Waals surface area (Å²) in [4.78, 5) is 24.8. The summed E-state index contributed by atoms with van der Waals surface area (Å²) in [7, 11) is -7.13. The molecule has 0 bridgehead atoms. The van der Waals surface area contributed by atoms with E-state index in [9.17, 15) is 9.13 Å². The molecule has 0 aromatic carbocycles. The molecule has 1 unspecified atom stereocenters. The Hall–Kier alpha value is -0.480. The van der Waals surface area contributed by atoms with E-state index >= 15 is 0 Å². The van der Waals surface area contributed by atoms with E-state index < -0.39 is 21.2 Å². The molecule has 0 radical (unpaired) electrons. The van der Waals surface area contributed by atoms with Crippen molar-refractivity contribution in [2.75, 3.05) is 13.7 Å². The van der Waals surface area contributed by atoms with E-state index in [1.807, 2.05) is 0 Å². The molecule has 0 aromatic rings. The molecule has 0 aliphatic rings. The Morgan fingerprint density at radius 1 is 1.37 bits per heavy atom. The Kier molecular flexibility index (Phi) is 9.48. The molecule has 0 amide bonds. The summed E-state index contributed by atoms with van der Waals surface area (Å²) in [5.74, 6) is 2.20. The minimum Gasteiger partial charge on any atom is -0.303 e. The number of hydrogen-bond acceptors (Lipinski definition) is 5. The van der Waals surface area contributed by atoms with Crippen LogP contribution in [0.1, 0.15) is 13.8 Å². The third-order valence-electron chi connectivity index (χ3n) is 1.28. The van der Waals surface area contributed by atoms with Crippen molar-refractivity contribution in [3.8, 4) is 12.3 Å². The summed E-state index contributed by atoms with van der Waals surface area (Å²) in [5, 5.41) is 0. The zero-order valence-corrected chi connectivity index (χ0v) is 12.6. The van der Waals surface area contributed by atoms with Crippen molar-refractivity contribution < 1.29 is 37.4 Å². The first kappa shape index (κ1) is 20.8. The predicted octanol–water partition coefficient (Wildman–Crippen LogP) is 1.44. The SMILES string of the molecule is C#CC(C)(C)OP(=O)(O)OC.C=CCOP(=O)(O)O. The summed E-state index contributed by atoms with van der Waals surface area (Å²) in [6.07, 6.45) is 6.27. The molecule has 0 aliphatic carbocycles. The Balaban J connectivity index is 0. The Morgan fingerprint density at radius 3 is 2.05 bits per heavy atom. The summed E-state index contributed by atoms with van der Waals surface area (Å²) in [6.45, 7) is 6.06. The first-order valence-electron chi connectivity index (χ1n) is 4.77. The van der Waals surface area contributed by atoms with Gasteiger partial charge in [-0.3, -0.25) is 13.6 Å². The second-order valence-corrected chi connectivity index (χ2v) is 6.20. The van der Waals surface area contributed by atoms with Gasteiger partial charge >= 0.3 is 15.6 Å². The molecule has 0 fully saturated rings. The largest absolute Gasteiger partial charge is 0.473 e. The van der Waals surface area contributed by atoms with Crippen molar-refractivity contribution in [3.05, 3.63) is 12.7 Å². The molecule has 3 N–H and O–H groups in total. The Labute approximate surface area is 112 Å². The lowest BCUT2D eigenvalue weighted by molar-refractivity contribution is 0.0984. The van der Waals surface area contributed by atoms with E-state index in [1.165, 1.54) is 19.9 Å². The fourth-order valence-corrected chi connectivity index (χ4v) is 1.51. The van der Waals surface area contributed by atoms with Crippen LogP contribution < -0.4 is 0 Å². The van der Waals surface area contributed by atoms with Crippen molar-refractivity contribution in [2.24, 2.45) is 0 Å². The number of phosphoric ester groups is 2. The van der Waals surface area contributed by atoms with Crippen molar-refractivity contribution in [1.82, 2.24) is 0 Å². The molecule has 0 saturated heterocycles. The third-order valence-corrected chi connectivity index (χ3v) is 2.92. The normalized spacial score (nSPS) is 14.6. The fourth-order valence-electron chi connectivity index (χ4n) is 0.502. The van der Waals surface area contributed by atoms with Crippen LogP contribution in [0.2, 0.25) is 0 Å². The molecule has 10 heteroatoms. The maximum atomic E-state index is 10.8. The summed E-state index contributed by atoms with van der Waals surface area (Å²) in [6, 6.07) is 0. The van der Waals surface area contributed by atoms with Crippen molar-refractivity contribution in [3.63, 3.8) is 0 Å². The average molecular weight is 316 g/mol. The van der Waals surface area contributed by atoms with E-state index in [0.29, 0.717) is 0 Å². The van der Waals surface area contributed by atoms with E-state index in [4.69, 9.17) is 21.1 Å². The van der Waals surface area contributed by atoms with E-state index in [-0.39, 0.29) is 6.61 Å². The number of rotatable bonds is 6. The number of terminal acetylenes is 1. The molecule has 8 nitrogen and oxygen atoms in total. The van der Waals surface area contributed by atoms with Crippen LogP contribution in [-0.2, 0) is 22.7 Å². The van der Waals surface area contributed by atoms with Gasteiger partial charge in [-0.15, -0.1) is 13.0 Å². The van der Waals surface area contributed by atoms with Gasteiger partial charge in [0, 0.05) is 7.11 Å². The number of phosphoric acid groups is 2. The number of hydrogen-bond donors (Lipinski definition) is 3. The van der Waals surface area contributed by atoms with Gasteiger partial charge in [0.15, 0.2) is 0 Å². The highest BCUT2D eigenvalue weighted by Crippen LogP contribution is 2.45. The van der Waals surface area contributed by atoms with Crippen LogP contribution in [-0.4, -0.2) is 34.0 Å². The minimum absolute atomic E-state index is 0.121. The van der Waals surface area contributed by atoms with Gasteiger partial charge in [-0.05, 0) is 13.8 Å². The fraction of sp³-hybridized carbons (Fsp3) is 0.556. The van der Waals surface area contributed by atoms with Gasteiger partial charge in [0.05, 0.1) is 6.61 Å². The molecule has 0 aliphatic heterocycles. The quantitative estimate of drug-likeness (QED) is 0.382. The lowest BCUT2D eigenvalue weighted by atomic mass is 10.2. The zero-order chi connectivity index (χ0) is 15.7. The van der Waals surface area contributed by atoms with Gasteiger partial charge < -0.3 is 14.7 Å². The van der Waals surface area contributed by atoms with Crippen LogP contribution in [0.4, 0.5) is 0 Å². The lowest BCUT2D eigenvalue weighted by Gasteiger charge is -2.20. The topological polar surface area (TPSA) is 123 Å². The molecule has 0 heterocycles. The summed E-state index contributed by atoms with van der Waals surface area (Å²) < 4.78 is 33.3. The molecule has 1 atom stereocenters. The molecule has 112 valence electrons. The summed E-state index contributed by atoms with van der Waals surface area (Å²) >= 11 is 0. The van der Waals surface area contributed by atoms with Gasteiger partial charge in [0.2, 0.25) is 0 Å². The Morgan fingerprint density at radius 2 is 1.84 bits per heavy atom. The highest BCUT2D eigenvalue weighted by molar-refractivity contribution is 7.47. The monoisotopic (exact) mass is 316 g/mol. The van der Waals surface area contributed by atoms with E-state index in [0.717, 1.165) is 7.11 Å². The van der Waals surface area contributed by atoms with Crippen LogP contribution in [0.3, 0.4) is 0 Å². The highest BCUT2D eigenvalue weighted by Gasteiger charge is 2.29. The summed E-state index contributed by atoms with van der Waals surface area (Å²) in [5.41, 5.74) is -1.08. The van der Waals surface area contributed by atoms with Gasteiger partial charge in [0.1, 0.15) is 5.60 Å². The molecule has 19 heavy (non-hydrogen) atoms. The predicted molar refractivity (Wildman–Crippen MR) is 69.0 cm³/mol. The molecule has 0 rings (SSSR count). The molecular weight excluding hydrogens is 298 g/mol. The highest BCUT2D eigenvalue weighted by atomic mass is 31.2. The van der Waals surface area contributed by atoms with Crippen molar-refractivity contribution in [2.45, 2.75) is 19.4 Å². The maximum Gasteiger partial charge on any atom is 0.473 e. The van der Waals surface area contributed by atoms with Crippen LogP contribution in [0.5, 0.6) is 0 Å². The maximum absolute atomic E-state index is 10.8. The van der Waals surface area contributed by atoms with E-state index in [1.54, 1.807) is 0 Å². The molecule has 0 spiro atoms. The second kappa shape index (κ2) is 8.64. The lowest BCUT2D eigenvalue weighted by Crippen LogP contribution is -2.20. The Bertz CT molecular complexity index is 405. The first-order chi connectivity index (χ1) is 8.39. The third kappa shape index (κ3) is 15.5. The van der Waals surface area contributed by atoms with Gasteiger partial charge in [-0.25, -0.2) is 9.13 Å². The molecule has 0 saturated carbocycles. The van der Waals surface area contributed by atoms with E-state index in [2.05, 4.69) is 26.1 Å². The van der Waals surface area contributed by atoms with Crippen LogP contribution in [0.15, 0.2) is 12.7 Å². The smallest absolute Gasteiger partial charge is 0.303 e. The van der Waals surface area contributed by atoms with Gasteiger partial charge in [0.25, 0.3) is 0 Å². The van der Waals surface area contributed by atoms with Crippen LogP contribution in [0.25, 0.3) is 0 Å². The van der Waals surface area contributed by atoms with Gasteiger partial charge in [-0.2, -0.15) is 0 Å². The zero-order valence-electron chi connectivity index (χ0n) is 10.8. The molecule has 0 aromatic heterocycles. The van der Waals surface area contributed by atoms with Crippen molar-refractivity contribution >= 4 is 15.6 Å². The first-order valence-corrected chi connectivity index (χ1v) is 7.79. The van der Waals surface area contributed by atoms with Crippen LogP contribution in [0, 0.1) is 12.3 Å². The van der Waals surface area contributed by atoms with Crippen LogP contribution >= 0.6 is 15.6 Å². The van der Waals surface area contributed by atoms with Crippen molar-refractivity contribution in [1.29, 1.82) is 0 Å². The standard InChI is InChI=1S/C6H11O4P.C3H7O4P/c1-5-6(2,3)10-11(7,8)9-4;1-2-3-7-8(4,5)6/h1H,2-4H3,(H,7,8);2H,1,3H2,(H2,4,5,6). The van der Waals surface area contributed by atoms with Gasteiger partial charge in [-0.1, -0.05) is 12.0 Å². The minimum atomic E-state index is -4.25. The second-order valence-electron chi connectivity index (χ2n) is 3.47. The average Bonchev–Trinajstić information content (AvgIpc) is 2.25. The molecular formula is C9H18O8P2.